The van der Waals surface area contributed by atoms with Crippen LogP contribution in [0.15, 0.2) is 36.4 Å². The van der Waals surface area contributed by atoms with Gasteiger partial charge in [0, 0.05) is 17.9 Å². The van der Waals surface area contributed by atoms with Crippen molar-refractivity contribution < 1.29 is 35.5 Å². The first-order valence-corrected chi connectivity index (χ1v) is 9.76. The van der Waals surface area contributed by atoms with Crippen LogP contribution in [0.3, 0.4) is 0 Å². The summed E-state index contributed by atoms with van der Waals surface area (Å²) < 4.78 is 101. The number of benzene rings is 3. The molecule has 166 valence electrons. The highest BCUT2D eigenvalue weighted by atomic mass is 19.4. The van der Waals surface area contributed by atoms with Gasteiger partial charge in [-0.15, -0.1) is 0 Å². The molecule has 1 aliphatic heterocycles. The van der Waals surface area contributed by atoms with Crippen molar-refractivity contribution in [2.24, 2.45) is 0 Å². The fraction of sp³-hybridized carbons (Fsp3) is 0.250. The molecule has 0 saturated carbocycles. The number of fused-ring (bicyclic) bond motifs is 1. The molecule has 0 N–H and O–H groups in total. The zero-order valence-electron chi connectivity index (χ0n) is 16.4. The van der Waals surface area contributed by atoms with Crippen molar-refractivity contribution in [1.82, 2.24) is 0 Å². The van der Waals surface area contributed by atoms with Crippen LogP contribution in [0.1, 0.15) is 36.5 Å². The van der Waals surface area contributed by atoms with E-state index in [0.717, 1.165) is 30.9 Å². The molecule has 1 nitrogen and oxygen atoms in total. The first-order valence-electron chi connectivity index (χ1n) is 9.76. The normalized spacial score (nSPS) is 16.7. The monoisotopic (exact) mass is 452 g/mol. The molecule has 3 aromatic carbocycles. The van der Waals surface area contributed by atoms with Crippen LogP contribution in [-0.4, -0.2) is 12.8 Å². The van der Waals surface area contributed by atoms with Crippen molar-refractivity contribution in [3.63, 3.8) is 0 Å². The fourth-order valence-corrected chi connectivity index (χ4v) is 3.79. The molecule has 0 spiro atoms. The molecule has 0 bridgehead atoms. The highest BCUT2D eigenvalue weighted by molar-refractivity contribution is 5.89. The molecule has 1 aliphatic rings. The molecule has 1 heterocycles. The SMILES string of the molecule is Fc1cc2cc(-c3c(F)cc(C4CCCCO4)cc3F)ccc2c(F)c1C#CC(F)(F)F. The van der Waals surface area contributed by atoms with Gasteiger partial charge < -0.3 is 4.74 Å². The highest BCUT2D eigenvalue weighted by Crippen LogP contribution is 2.35. The van der Waals surface area contributed by atoms with Gasteiger partial charge >= 0.3 is 6.18 Å². The second-order valence-electron chi connectivity index (χ2n) is 7.45. The zero-order chi connectivity index (χ0) is 23.0. The van der Waals surface area contributed by atoms with E-state index in [4.69, 9.17) is 4.74 Å². The van der Waals surface area contributed by atoms with Gasteiger partial charge in [-0.25, -0.2) is 17.6 Å². The van der Waals surface area contributed by atoms with Crippen molar-refractivity contribution >= 4 is 10.8 Å². The molecule has 1 atom stereocenters. The Morgan fingerprint density at radius 1 is 0.875 bits per heavy atom. The Balaban J connectivity index is 1.76. The van der Waals surface area contributed by atoms with Crippen molar-refractivity contribution in [2.45, 2.75) is 31.5 Å². The summed E-state index contributed by atoms with van der Waals surface area (Å²) in [5.74, 6) is -2.02. The zero-order valence-corrected chi connectivity index (χ0v) is 16.4. The second-order valence-corrected chi connectivity index (χ2v) is 7.45. The van der Waals surface area contributed by atoms with E-state index in [1.54, 1.807) is 0 Å². The van der Waals surface area contributed by atoms with E-state index in [1.807, 2.05) is 0 Å². The topological polar surface area (TPSA) is 9.23 Å². The Morgan fingerprint density at radius 2 is 1.59 bits per heavy atom. The molecule has 0 aromatic heterocycles. The Hall–Kier alpha value is -3.05. The van der Waals surface area contributed by atoms with E-state index in [9.17, 15) is 30.7 Å². The molecule has 4 rings (SSSR count). The summed E-state index contributed by atoms with van der Waals surface area (Å²) >= 11 is 0. The van der Waals surface area contributed by atoms with Gasteiger partial charge in [0.15, 0.2) is 0 Å². The lowest BCUT2D eigenvalue weighted by atomic mass is 9.95. The minimum Gasteiger partial charge on any atom is -0.374 e. The average molecular weight is 452 g/mol. The van der Waals surface area contributed by atoms with Crippen LogP contribution in [0.25, 0.3) is 21.9 Å². The standard InChI is InChI=1S/C24H15F7O/c25-18-10-14-9-13(4-5-16(14)23(28)17(18)6-7-24(29,30)31)22-19(26)11-15(12-20(22)27)21-3-1-2-8-32-21/h4-5,9-12,21H,1-3,8H2. The molecule has 1 unspecified atom stereocenters. The van der Waals surface area contributed by atoms with Crippen molar-refractivity contribution in [1.29, 1.82) is 0 Å². The van der Waals surface area contributed by atoms with Crippen molar-refractivity contribution in [2.75, 3.05) is 6.61 Å². The Kier molecular flexibility index (Phi) is 5.87. The number of hydrogen-bond acceptors (Lipinski definition) is 1. The maximum atomic E-state index is 14.8. The fourth-order valence-electron chi connectivity index (χ4n) is 3.79. The molecule has 8 heteroatoms. The van der Waals surface area contributed by atoms with Crippen LogP contribution < -0.4 is 0 Å². The number of rotatable bonds is 2. The predicted octanol–water partition coefficient (Wildman–Crippen LogP) is 7.22. The molecule has 0 aliphatic carbocycles. The van der Waals surface area contributed by atoms with E-state index in [0.29, 0.717) is 18.6 Å². The summed E-state index contributed by atoms with van der Waals surface area (Å²) in [6, 6.07) is 6.63. The first kappa shape index (κ1) is 22.2. The molecule has 1 saturated heterocycles. The number of halogens is 7. The van der Waals surface area contributed by atoms with E-state index >= 15 is 0 Å². The van der Waals surface area contributed by atoms with Gasteiger partial charge in [-0.05, 0) is 60.0 Å². The van der Waals surface area contributed by atoms with Crippen LogP contribution in [0.2, 0.25) is 0 Å². The first-order chi connectivity index (χ1) is 15.1. The predicted molar refractivity (Wildman–Crippen MR) is 105 cm³/mol. The summed E-state index contributed by atoms with van der Waals surface area (Å²) in [7, 11) is 0. The van der Waals surface area contributed by atoms with Crippen LogP contribution in [0, 0.1) is 35.1 Å². The summed E-state index contributed by atoms with van der Waals surface area (Å²) in [6.07, 6.45) is -2.91. The third-order valence-electron chi connectivity index (χ3n) is 5.26. The molecular weight excluding hydrogens is 437 g/mol. The van der Waals surface area contributed by atoms with Crippen LogP contribution in [0.4, 0.5) is 30.7 Å². The third-order valence-corrected chi connectivity index (χ3v) is 5.26. The van der Waals surface area contributed by atoms with E-state index in [2.05, 4.69) is 0 Å². The van der Waals surface area contributed by atoms with Gasteiger partial charge in [0.05, 0.1) is 17.2 Å². The van der Waals surface area contributed by atoms with Crippen molar-refractivity contribution in [3.05, 3.63) is 70.8 Å². The Morgan fingerprint density at radius 3 is 2.22 bits per heavy atom. The number of alkyl halides is 3. The largest absolute Gasteiger partial charge is 0.458 e. The molecule has 0 radical (unpaired) electrons. The second kappa shape index (κ2) is 8.47. The van der Waals surface area contributed by atoms with Gasteiger partial charge in [0.1, 0.15) is 23.3 Å². The maximum absolute atomic E-state index is 14.8. The Labute approximate surface area is 178 Å². The summed E-state index contributed by atoms with van der Waals surface area (Å²) in [4.78, 5) is 0. The molecule has 0 amide bonds. The number of ether oxygens (including phenoxy) is 1. The molecule has 3 aromatic rings. The Bertz CT molecular complexity index is 1220. The van der Waals surface area contributed by atoms with Gasteiger partial charge in [0.2, 0.25) is 0 Å². The van der Waals surface area contributed by atoms with Crippen LogP contribution in [-0.2, 0) is 4.74 Å². The minimum absolute atomic E-state index is 0.0246. The minimum atomic E-state index is -4.92. The van der Waals surface area contributed by atoms with E-state index < -0.39 is 41.1 Å². The van der Waals surface area contributed by atoms with Gasteiger partial charge in [0.25, 0.3) is 0 Å². The average Bonchev–Trinajstić information content (AvgIpc) is 2.72. The van der Waals surface area contributed by atoms with Gasteiger partial charge in [-0.1, -0.05) is 18.1 Å². The number of hydrogen-bond donors (Lipinski definition) is 0. The third kappa shape index (κ3) is 4.44. The van der Waals surface area contributed by atoms with Gasteiger partial charge in [-0.2, -0.15) is 13.2 Å². The van der Waals surface area contributed by atoms with Crippen molar-refractivity contribution in [3.8, 4) is 23.0 Å². The molecule has 32 heavy (non-hydrogen) atoms. The lowest BCUT2D eigenvalue weighted by Gasteiger charge is -2.23. The highest BCUT2D eigenvalue weighted by Gasteiger charge is 2.24. The molecule has 1 fully saturated rings. The quantitative estimate of drug-likeness (QED) is 0.295. The lowest BCUT2D eigenvalue weighted by molar-refractivity contribution is -0.0696. The summed E-state index contributed by atoms with van der Waals surface area (Å²) in [5.41, 5.74) is -1.02. The van der Waals surface area contributed by atoms with Crippen LogP contribution >= 0.6 is 0 Å². The summed E-state index contributed by atoms with van der Waals surface area (Å²) in [6.45, 7) is 0.507. The summed E-state index contributed by atoms with van der Waals surface area (Å²) in [5, 5.41) is -0.303. The lowest BCUT2D eigenvalue weighted by Crippen LogP contribution is -2.12. The smallest absolute Gasteiger partial charge is 0.374 e. The van der Waals surface area contributed by atoms with Gasteiger partial charge in [-0.3, -0.25) is 0 Å². The molecular formula is C24H15F7O. The van der Waals surface area contributed by atoms with Crippen LogP contribution in [0.5, 0.6) is 0 Å². The maximum Gasteiger partial charge on any atom is 0.458 e. The van der Waals surface area contributed by atoms with E-state index in [1.165, 1.54) is 30.2 Å². The van der Waals surface area contributed by atoms with E-state index in [-0.39, 0.29) is 21.9 Å².